The van der Waals surface area contributed by atoms with Crippen molar-refractivity contribution >= 4 is 11.4 Å². The third-order valence-electron chi connectivity index (χ3n) is 4.35. The zero-order valence-corrected chi connectivity index (χ0v) is 14.1. The highest BCUT2D eigenvalue weighted by molar-refractivity contribution is 5.82. The molecule has 0 saturated carbocycles. The van der Waals surface area contributed by atoms with E-state index in [1.807, 2.05) is 13.2 Å². The normalized spacial score (nSPS) is 15.5. The summed E-state index contributed by atoms with van der Waals surface area (Å²) in [7, 11) is 5.38. The molecule has 0 unspecified atom stereocenters. The number of hydrogen-bond donors (Lipinski definition) is 0. The van der Waals surface area contributed by atoms with Crippen molar-refractivity contribution < 1.29 is 9.66 Å². The van der Waals surface area contributed by atoms with Crippen molar-refractivity contribution in [2.75, 3.05) is 45.2 Å². The first-order chi connectivity index (χ1) is 11.5. The van der Waals surface area contributed by atoms with Crippen LogP contribution in [0.25, 0.3) is 11.1 Å². The minimum absolute atomic E-state index is 0.0331. The number of aromatic nitrogens is 2. The Morgan fingerprint density at radius 3 is 2.46 bits per heavy atom. The molecule has 0 amide bonds. The van der Waals surface area contributed by atoms with Crippen molar-refractivity contribution in [3.05, 3.63) is 34.6 Å². The summed E-state index contributed by atoms with van der Waals surface area (Å²) < 4.78 is 6.95. The van der Waals surface area contributed by atoms with E-state index in [-0.39, 0.29) is 11.4 Å². The zero-order chi connectivity index (χ0) is 17.3. The molecule has 128 valence electrons. The Kier molecular flexibility index (Phi) is 4.39. The van der Waals surface area contributed by atoms with Crippen LogP contribution in [0, 0.1) is 10.1 Å². The van der Waals surface area contributed by atoms with Gasteiger partial charge in [0.1, 0.15) is 0 Å². The van der Waals surface area contributed by atoms with Crippen LogP contribution in [0.1, 0.15) is 0 Å². The van der Waals surface area contributed by atoms with Gasteiger partial charge < -0.3 is 14.5 Å². The first-order valence-electron chi connectivity index (χ1n) is 7.78. The number of methoxy groups -OCH3 is 1. The van der Waals surface area contributed by atoms with Crippen LogP contribution in [0.4, 0.5) is 11.4 Å². The summed E-state index contributed by atoms with van der Waals surface area (Å²) in [6.07, 6.45) is 3.59. The molecule has 8 nitrogen and oxygen atoms in total. The number of nitro groups is 1. The summed E-state index contributed by atoms with van der Waals surface area (Å²) in [6, 6.07) is 3.36. The number of benzene rings is 1. The van der Waals surface area contributed by atoms with E-state index < -0.39 is 4.92 Å². The number of nitrogens with zero attached hydrogens (tertiary/aromatic N) is 5. The molecule has 24 heavy (non-hydrogen) atoms. The van der Waals surface area contributed by atoms with Gasteiger partial charge >= 0.3 is 5.69 Å². The highest BCUT2D eigenvalue weighted by atomic mass is 16.6. The SMILES string of the molecule is COc1cc(N2CCN(C)CC2)c(-c2cnn(C)c2)cc1[N+](=O)[O-]. The molecular weight excluding hydrogens is 310 g/mol. The van der Waals surface area contributed by atoms with Crippen molar-refractivity contribution in [1.29, 1.82) is 0 Å². The second kappa shape index (κ2) is 6.48. The van der Waals surface area contributed by atoms with Crippen LogP contribution in [0.3, 0.4) is 0 Å². The van der Waals surface area contributed by atoms with Crippen LogP contribution in [0.15, 0.2) is 24.5 Å². The number of likely N-dealkylation sites (N-methyl/N-ethyl adjacent to an activating group) is 1. The Hall–Kier alpha value is -2.61. The average molecular weight is 331 g/mol. The molecule has 2 aromatic rings. The molecule has 1 saturated heterocycles. The van der Waals surface area contributed by atoms with E-state index >= 15 is 0 Å². The molecule has 3 rings (SSSR count). The molecule has 1 aliphatic heterocycles. The number of rotatable bonds is 4. The lowest BCUT2D eigenvalue weighted by Crippen LogP contribution is -2.44. The number of piperazine rings is 1. The average Bonchev–Trinajstić information content (AvgIpc) is 3.00. The lowest BCUT2D eigenvalue weighted by molar-refractivity contribution is -0.385. The molecule has 0 N–H and O–H groups in total. The fraction of sp³-hybridized carbons (Fsp3) is 0.438. The van der Waals surface area contributed by atoms with E-state index in [0.717, 1.165) is 43.0 Å². The van der Waals surface area contributed by atoms with Crippen LogP contribution >= 0.6 is 0 Å². The van der Waals surface area contributed by atoms with Gasteiger partial charge in [-0.3, -0.25) is 14.8 Å². The summed E-state index contributed by atoms with van der Waals surface area (Å²) in [5, 5.41) is 15.6. The Morgan fingerprint density at radius 1 is 1.21 bits per heavy atom. The summed E-state index contributed by atoms with van der Waals surface area (Å²) in [6.45, 7) is 3.63. The highest BCUT2D eigenvalue weighted by Gasteiger charge is 2.25. The minimum Gasteiger partial charge on any atom is -0.490 e. The van der Waals surface area contributed by atoms with Crippen LogP contribution < -0.4 is 9.64 Å². The Morgan fingerprint density at radius 2 is 1.92 bits per heavy atom. The number of ether oxygens (including phenoxy) is 1. The third kappa shape index (κ3) is 3.05. The maximum absolute atomic E-state index is 11.4. The predicted octanol–water partition coefficient (Wildman–Crippen LogP) is 1.76. The van der Waals surface area contributed by atoms with E-state index in [1.165, 1.54) is 7.11 Å². The van der Waals surface area contributed by atoms with Crippen LogP contribution in [0.2, 0.25) is 0 Å². The maximum atomic E-state index is 11.4. The summed E-state index contributed by atoms with van der Waals surface area (Å²) in [5.41, 5.74) is 2.57. The summed E-state index contributed by atoms with van der Waals surface area (Å²) >= 11 is 0. The zero-order valence-electron chi connectivity index (χ0n) is 14.1. The smallest absolute Gasteiger partial charge is 0.311 e. The van der Waals surface area contributed by atoms with E-state index in [1.54, 1.807) is 23.0 Å². The molecule has 0 spiro atoms. The quantitative estimate of drug-likeness (QED) is 0.627. The lowest BCUT2D eigenvalue weighted by Gasteiger charge is -2.35. The van der Waals surface area contributed by atoms with Gasteiger partial charge in [-0.15, -0.1) is 0 Å². The predicted molar refractivity (Wildman–Crippen MR) is 91.6 cm³/mol. The highest BCUT2D eigenvalue weighted by Crippen LogP contribution is 2.40. The Bertz CT molecular complexity index is 750. The maximum Gasteiger partial charge on any atom is 0.311 e. The third-order valence-corrected chi connectivity index (χ3v) is 4.35. The topological polar surface area (TPSA) is 76.7 Å². The largest absolute Gasteiger partial charge is 0.490 e. The van der Waals surface area contributed by atoms with Gasteiger partial charge in [0.15, 0.2) is 5.75 Å². The van der Waals surface area contributed by atoms with E-state index in [2.05, 4.69) is 21.9 Å². The van der Waals surface area contributed by atoms with Crippen molar-refractivity contribution in [1.82, 2.24) is 14.7 Å². The van der Waals surface area contributed by atoms with Crippen molar-refractivity contribution in [2.24, 2.45) is 7.05 Å². The standard InChI is InChI=1S/C16H21N5O3/c1-18-4-6-20(7-5-18)14-9-16(24-3)15(21(22)23)8-13(14)12-10-17-19(2)11-12/h8-11H,4-7H2,1-3H3. The summed E-state index contributed by atoms with van der Waals surface area (Å²) in [4.78, 5) is 15.5. The van der Waals surface area contributed by atoms with Crippen molar-refractivity contribution in [3.63, 3.8) is 0 Å². The molecule has 2 heterocycles. The molecule has 1 fully saturated rings. The first kappa shape index (κ1) is 16.3. The van der Waals surface area contributed by atoms with E-state index in [4.69, 9.17) is 4.74 Å². The van der Waals surface area contributed by atoms with Gasteiger partial charge in [0.05, 0.1) is 18.2 Å². The van der Waals surface area contributed by atoms with E-state index in [9.17, 15) is 10.1 Å². The second-order valence-electron chi connectivity index (χ2n) is 5.99. The Labute approximate surface area is 140 Å². The van der Waals surface area contributed by atoms with Crippen molar-refractivity contribution in [3.8, 4) is 16.9 Å². The number of aryl methyl sites for hydroxylation is 1. The van der Waals surface area contributed by atoms with Gasteiger partial charge in [-0.2, -0.15) is 5.10 Å². The lowest BCUT2D eigenvalue weighted by atomic mass is 10.0. The molecule has 8 heteroatoms. The first-order valence-corrected chi connectivity index (χ1v) is 7.78. The van der Waals surface area contributed by atoms with Gasteiger partial charge in [-0.25, -0.2) is 0 Å². The fourth-order valence-corrected chi connectivity index (χ4v) is 2.96. The summed E-state index contributed by atoms with van der Waals surface area (Å²) in [5.74, 6) is 0.279. The molecule has 0 bridgehead atoms. The number of nitro benzene ring substituents is 1. The van der Waals surface area contributed by atoms with Gasteiger partial charge in [-0.05, 0) is 7.05 Å². The molecule has 0 aliphatic carbocycles. The van der Waals surface area contributed by atoms with Crippen LogP contribution in [-0.4, -0.2) is 59.9 Å². The monoisotopic (exact) mass is 331 g/mol. The van der Waals surface area contributed by atoms with Crippen LogP contribution in [-0.2, 0) is 7.05 Å². The Balaban J connectivity index is 2.12. The van der Waals surface area contributed by atoms with Crippen molar-refractivity contribution in [2.45, 2.75) is 0 Å². The minimum atomic E-state index is -0.410. The molecular formula is C16H21N5O3. The fourth-order valence-electron chi connectivity index (χ4n) is 2.96. The van der Waals surface area contributed by atoms with Gasteiger partial charge in [0, 0.05) is 68.4 Å². The van der Waals surface area contributed by atoms with Gasteiger partial charge in [0.2, 0.25) is 0 Å². The van der Waals surface area contributed by atoms with Gasteiger partial charge in [0.25, 0.3) is 0 Å². The molecule has 0 atom stereocenters. The molecule has 1 aromatic carbocycles. The number of hydrogen-bond acceptors (Lipinski definition) is 6. The second-order valence-corrected chi connectivity index (χ2v) is 5.99. The molecule has 1 aliphatic rings. The van der Waals surface area contributed by atoms with Crippen LogP contribution in [0.5, 0.6) is 5.75 Å². The number of anilines is 1. The molecule has 0 radical (unpaired) electrons. The molecule has 1 aromatic heterocycles. The van der Waals surface area contributed by atoms with E-state index in [0.29, 0.717) is 0 Å². The van der Waals surface area contributed by atoms with Gasteiger partial charge in [-0.1, -0.05) is 0 Å².